The number of aromatic nitrogens is 1. The molecule has 35 heavy (non-hydrogen) atoms. The molecule has 0 saturated heterocycles. The summed E-state index contributed by atoms with van der Waals surface area (Å²) in [4.78, 5) is 17.4. The SMILES string of the molecule is CCN(Cc1ccccc1)S(=O)(=O)c1ccc(C(=O)Nc2nc3cc4c(cc3s2)OCCO4)cc1. The Balaban J connectivity index is 1.31. The van der Waals surface area contributed by atoms with Gasteiger partial charge in [-0.05, 0) is 29.8 Å². The number of nitrogens with zero attached hydrogens (tertiary/aromatic N) is 2. The van der Waals surface area contributed by atoms with Gasteiger partial charge in [-0.2, -0.15) is 4.31 Å². The van der Waals surface area contributed by atoms with E-state index in [2.05, 4.69) is 10.3 Å². The summed E-state index contributed by atoms with van der Waals surface area (Å²) < 4.78 is 39.8. The maximum Gasteiger partial charge on any atom is 0.257 e. The van der Waals surface area contributed by atoms with Crippen LogP contribution in [0.2, 0.25) is 0 Å². The number of ether oxygens (including phenoxy) is 2. The molecule has 0 bridgehead atoms. The Bertz CT molecular complexity index is 1430. The normalized spacial score (nSPS) is 13.2. The number of fused-ring (bicyclic) bond motifs is 2. The van der Waals surface area contributed by atoms with Gasteiger partial charge < -0.3 is 9.47 Å². The minimum absolute atomic E-state index is 0.136. The monoisotopic (exact) mass is 509 g/mol. The Labute approximate surface area is 207 Å². The lowest BCUT2D eigenvalue weighted by Gasteiger charge is -2.20. The van der Waals surface area contributed by atoms with Crippen molar-refractivity contribution in [1.82, 2.24) is 9.29 Å². The molecule has 2 heterocycles. The predicted octanol–water partition coefficient (Wildman–Crippen LogP) is 4.53. The lowest BCUT2D eigenvalue weighted by molar-refractivity contribution is 0.102. The highest BCUT2D eigenvalue weighted by Gasteiger charge is 2.24. The highest BCUT2D eigenvalue weighted by Crippen LogP contribution is 2.38. The summed E-state index contributed by atoms with van der Waals surface area (Å²) in [5.41, 5.74) is 1.94. The van der Waals surface area contributed by atoms with Gasteiger partial charge in [0.25, 0.3) is 5.91 Å². The molecule has 1 aliphatic heterocycles. The molecular formula is C25H23N3O5S2. The van der Waals surface area contributed by atoms with Crippen LogP contribution >= 0.6 is 11.3 Å². The molecule has 8 nitrogen and oxygen atoms in total. The molecule has 0 atom stereocenters. The first kappa shape index (κ1) is 23.3. The Morgan fingerprint density at radius 2 is 1.71 bits per heavy atom. The lowest BCUT2D eigenvalue weighted by Crippen LogP contribution is -2.30. The standard InChI is InChI=1S/C25H23N3O5S2/c1-2-28(16-17-6-4-3-5-7-17)35(30,31)19-10-8-18(9-11-19)24(29)27-25-26-20-14-21-22(15-23(20)34-25)33-13-12-32-21/h3-11,14-15H,2,12-13,16H2,1H3,(H,26,27,29). The number of carbonyl (C=O) groups is 1. The Morgan fingerprint density at radius 1 is 1.03 bits per heavy atom. The van der Waals surface area contributed by atoms with Gasteiger partial charge in [0, 0.05) is 30.8 Å². The first-order chi connectivity index (χ1) is 16.9. The fourth-order valence-corrected chi connectivity index (χ4v) is 6.08. The molecule has 0 saturated carbocycles. The number of hydrogen-bond acceptors (Lipinski definition) is 7. The zero-order valence-electron chi connectivity index (χ0n) is 18.9. The van der Waals surface area contributed by atoms with Gasteiger partial charge in [0.05, 0.1) is 15.1 Å². The molecule has 180 valence electrons. The van der Waals surface area contributed by atoms with Crippen LogP contribution in [0.5, 0.6) is 11.5 Å². The van der Waals surface area contributed by atoms with Gasteiger partial charge in [0.2, 0.25) is 10.0 Å². The smallest absolute Gasteiger partial charge is 0.257 e. The molecule has 0 spiro atoms. The molecule has 1 N–H and O–H groups in total. The van der Waals surface area contributed by atoms with E-state index in [9.17, 15) is 13.2 Å². The van der Waals surface area contributed by atoms with Crippen molar-refractivity contribution in [2.45, 2.75) is 18.4 Å². The first-order valence-electron chi connectivity index (χ1n) is 11.1. The summed E-state index contributed by atoms with van der Waals surface area (Å²) in [5.74, 6) is 0.925. The zero-order valence-corrected chi connectivity index (χ0v) is 20.6. The third kappa shape index (κ3) is 4.86. The second-order valence-corrected chi connectivity index (χ2v) is 10.8. The summed E-state index contributed by atoms with van der Waals surface area (Å²) in [5, 5.41) is 3.22. The van der Waals surface area contributed by atoms with E-state index in [4.69, 9.17) is 9.47 Å². The zero-order chi connectivity index (χ0) is 24.4. The fourth-order valence-electron chi connectivity index (χ4n) is 3.77. The maximum atomic E-state index is 13.1. The average molecular weight is 510 g/mol. The van der Waals surface area contributed by atoms with Crippen LogP contribution < -0.4 is 14.8 Å². The van der Waals surface area contributed by atoms with Gasteiger partial charge in [-0.15, -0.1) is 0 Å². The molecule has 4 aromatic rings. The predicted molar refractivity (Wildman–Crippen MR) is 135 cm³/mol. The van der Waals surface area contributed by atoms with Gasteiger partial charge in [-0.25, -0.2) is 13.4 Å². The molecule has 1 amide bonds. The first-order valence-corrected chi connectivity index (χ1v) is 13.4. The number of thiazole rings is 1. The number of amides is 1. The second-order valence-electron chi connectivity index (χ2n) is 7.88. The van der Waals surface area contributed by atoms with Crippen LogP contribution in [0.4, 0.5) is 5.13 Å². The van der Waals surface area contributed by atoms with E-state index in [0.717, 1.165) is 10.3 Å². The van der Waals surface area contributed by atoms with Crippen molar-refractivity contribution in [2.24, 2.45) is 0 Å². The number of hydrogen-bond donors (Lipinski definition) is 1. The molecule has 0 aliphatic carbocycles. The van der Waals surface area contributed by atoms with Crippen LogP contribution in [0.15, 0.2) is 71.6 Å². The summed E-state index contributed by atoms with van der Waals surface area (Å²) in [6.07, 6.45) is 0. The third-order valence-electron chi connectivity index (χ3n) is 5.58. The number of rotatable bonds is 7. The number of carbonyl (C=O) groups excluding carboxylic acids is 1. The van der Waals surface area contributed by atoms with Crippen molar-refractivity contribution in [3.63, 3.8) is 0 Å². The number of anilines is 1. The Kier molecular flexibility index (Phi) is 6.42. The quantitative estimate of drug-likeness (QED) is 0.393. The van der Waals surface area contributed by atoms with Crippen LogP contribution in [-0.2, 0) is 16.6 Å². The van der Waals surface area contributed by atoms with E-state index < -0.39 is 10.0 Å². The van der Waals surface area contributed by atoms with Crippen molar-refractivity contribution in [2.75, 3.05) is 25.1 Å². The van der Waals surface area contributed by atoms with Crippen molar-refractivity contribution in [3.8, 4) is 11.5 Å². The molecule has 0 unspecified atom stereocenters. The summed E-state index contributed by atoms with van der Waals surface area (Å²) >= 11 is 1.33. The second kappa shape index (κ2) is 9.65. The van der Waals surface area contributed by atoms with Crippen LogP contribution in [0.25, 0.3) is 10.2 Å². The molecule has 10 heteroatoms. The maximum absolute atomic E-state index is 13.1. The molecule has 5 rings (SSSR count). The van der Waals surface area contributed by atoms with Crippen LogP contribution in [0.1, 0.15) is 22.8 Å². The Morgan fingerprint density at radius 3 is 2.40 bits per heavy atom. The largest absolute Gasteiger partial charge is 0.486 e. The van der Waals surface area contributed by atoms with Gasteiger partial charge in [0.15, 0.2) is 16.6 Å². The highest BCUT2D eigenvalue weighted by molar-refractivity contribution is 7.89. The average Bonchev–Trinajstić information content (AvgIpc) is 3.27. The summed E-state index contributed by atoms with van der Waals surface area (Å²) in [7, 11) is -3.71. The van der Waals surface area contributed by atoms with Gasteiger partial charge in [-0.1, -0.05) is 48.6 Å². The molecule has 1 aliphatic rings. The third-order valence-corrected chi connectivity index (χ3v) is 8.45. The number of benzene rings is 3. The summed E-state index contributed by atoms with van der Waals surface area (Å²) in [6, 6.07) is 19.0. The molecule has 3 aromatic carbocycles. The van der Waals surface area contributed by atoms with E-state index in [0.29, 0.717) is 47.5 Å². The lowest BCUT2D eigenvalue weighted by atomic mass is 10.2. The van der Waals surface area contributed by atoms with Crippen LogP contribution in [0, 0.1) is 0 Å². The molecule has 0 radical (unpaired) electrons. The number of sulfonamides is 1. The molecular weight excluding hydrogens is 486 g/mol. The van der Waals surface area contributed by atoms with Gasteiger partial charge in [-0.3, -0.25) is 10.1 Å². The van der Waals surface area contributed by atoms with E-state index in [1.54, 1.807) is 13.0 Å². The van der Waals surface area contributed by atoms with Crippen molar-refractivity contribution in [3.05, 3.63) is 77.9 Å². The van der Waals surface area contributed by atoms with Crippen LogP contribution in [-0.4, -0.2) is 43.4 Å². The van der Waals surface area contributed by atoms with E-state index in [-0.39, 0.29) is 17.3 Å². The number of nitrogens with one attached hydrogen (secondary N) is 1. The van der Waals surface area contributed by atoms with Crippen molar-refractivity contribution >= 4 is 42.6 Å². The van der Waals surface area contributed by atoms with E-state index in [1.165, 1.54) is 39.9 Å². The highest BCUT2D eigenvalue weighted by atomic mass is 32.2. The molecule has 0 fully saturated rings. The fraction of sp³-hybridized carbons (Fsp3) is 0.200. The van der Waals surface area contributed by atoms with Gasteiger partial charge >= 0.3 is 0 Å². The Hall–Kier alpha value is -3.47. The summed E-state index contributed by atoms with van der Waals surface area (Å²) in [6.45, 7) is 3.39. The van der Waals surface area contributed by atoms with Crippen molar-refractivity contribution in [1.29, 1.82) is 0 Å². The molecule has 1 aromatic heterocycles. The van der Waals surface area contributed by atoms with Crippen LogP contribution in [0.3, 0.4) is 0 Å². The van der Waals surface area contributed by atoms with E-state index in [1.807, 2.05) is 36.4 Å². The topological polar surface area (TPSA) is 97.8 Å². The minimum atomic E-state index is -3.71. The van der Waals surface area contributed by atoms with Gasteiger partial charge in [0.1, 0.15) is 13.2 Å². The van der Waals surface area contributed by atoms with Crippen molar-refractivity contribution < 1.29 is 22.7 Å². The minimum Gasteiger partial charge on any atom is -0.486 e. The van der Waals surface area contributed by atoms with E-state index >= 15 is 0 Å².